The number of nitrogens with zero attached hydrogens (tertiary/aromatic N) is 2. The summed E-state index contributed by atoms with van der Waals surface area (Å²) in [5, 5.41) is 22.3. The Morgan fingerprint density at radius 1 is 0.837 bits per heavy atom. The molecular formula is C29H37N4NaO9. The topological polar surface area (TPSA) is 189 Å². The number of nitrogens with one attached hydrogen (secondary N) is 2. The molecule has 43 heavy (non-hydrogen) atoms. The van der Waals surface area contributed by atoms with Crippen LogP contribution in [0, 0.1) is 15.0 Å². The Balaban J connectivity index is 0.000000707. The van der Waals surface area contributed by atoms with E-state index in [1.54, 1.807) is 32.9 Å². The fourth-order valence-electron chi connectivity index (χ4n) is 3.82. The van der Waals surface area contributed by atoms with Gasteiger partial charge in [0.05, 0.1) is 18.1 Å². The van der Waals surface area contributed by atoms with E-state index in [-0.39, 0.29) is 54.6 Å². The Bertz CT molecular complexity index is 1480. The van der Waals surface area contributed by atoms with E-state index in [9.17, 15) is 19.7 Å². The number of para-hydroxylation sites is 1. The third kappa shape index (κ3) is 9.89. The summed E-state index contributed by atoms with van der Waals surface area (Å²) in [6.07, 6.45) is 0. The molecule has 0 bridgehead atoms. The number of non-ortho nitro benzene ring substituents is 1. The Morgan fingerprint density at radius 3 is 1.70 bits per heavy atom. The van der Waals surface area contributed by atoms with Crippen molar-refractivity contribution in [3.8, 4) is 0 Å². The van der Waals surface area contributed by atoms with Crippen molar-refractivity contribution in [3.05, 3.63) is 81.0 Å². The number of esters is 2. The monoisotopic (exact) mass is 608 g/mol. The van der Waals surface area contributed by atoms with Gasteiger partial charge >= 0.3 is 41.5 Å². The summed E-state index contributed by atoms with van der Waals surface area (Å²) in [6.45, 7) is 11.5. The molecule has 4 aromatic rings. The van der Waals surface area contributed by atoms with Gasteiger partial charge in [-0.05, 0) is 71.2 Å². The number of benzene rings is 2. The van der Waals surface area contributed by atoms with E-state index in [2.05, 4.69) is 15.0 Å². The van der Waals surface area contributed by atoms with Gasteiger partial charge in [-0.2, -0.15) is 0 Å². The summed E-state index contributed by atoms with van der Waals surface area (Å²) in [5.41, 5.74) is 1.90. The van der Waals surface area contributed by atoms with Crippen molar-refractivity contribution in [1.82, 2.24) is 9.97 Å². The maximum absolute atomic E-state index is 12.0. The molecule has 14 heteroatoms. The molecule has 2 aromatic carbocycles. The van der Waals surface area contributed by atoms with Crippen molar-refractivity contribution in [2.24, 2.45) is 5.34 Å². The number of ether oxygens (including phenoxy) is 2. The first-order chi connectivity index (χ1) is 19.3. The van der Waals surface area contributed by atoms with Crippen LogP contribution in [0.3, 0.4) is 0 Å². The van der Waals surface area contributed by atoms with Crippen molar-refractivity contribution < 1.29 is 63.8 Å². The van der Waals surface area contributed by atoms with Crippen LogP contribution in [-0.4, -0.2) is 40.0 Å². The molecule has 0 aliphatic rings. The third-order valence-electron chi connectivity index (χ3n) is 6.29. The number of aromatic amines is 2. The SMILES string of the molecule is C.CCOC(=O)C(C)(C)c1cc2cc([N+](=O)[O-])ccc2[nH]1.CCOC(=O)C(C)(C)c1cc2ccccc2[nH]1.O=NO[O-].[Na+]. The summed E-state index contributed by atoms with van der Waals surface area (Å²) in [7, 11) is 0. The van der Waals surface area contributed by atoms with Gasteiger partial charge in [0.1, 0.15) is 16.2 Å². The Labute approximate surface area is 271 Å². The first-order valence-corrected chi connectivity index (χ1v) is 12.6. The number of H-pyrrole nitrogens is 2. The molecule has 0 aliphatic carbocycles. The number of carbonyl (C=O) groups excluding carboxylic acids is 2. The van der Waals surface area contributed by atoms with Crippen LogP contribution in [0.2, 0.25) is 0 Å². The zero-order chi connectivity index (χ0) is 30.8. The van der Waals surface area contributed by atoms with Gasteiger partial charge in [-0.1, -0.05) is 25.6 Å². The minimum atomic E-state index is -0.830. The average Bonchev–Trinajstić information content (AvgIpc) is 3.59. The summed E-state index contributed by atoms with van der Waals surface area (Å²) < 4.78 is 10.2. The summed E-state index contributed by atoms with van der Waals surface area (Å²) in [6, 6.07) is 16.3. The van der Waals surface area contributed by atoms with E-state index >= 15 is 0 Å². The molecule has 13 nitrogen and oxygen atoms in total. The zero-order valence-corrected chi connectivity index (χ0v) is 26.7. The van der Waals surface area contributed by atoms with Gasteiger partial charge in [0.2, 0.25) is 0 Å². The Morgan fingerprint density at radius 2 is 1.28 bits per heavy atom. The molecule has 2 aromatic heterocycles. The molecule has 4 rings (SSSR count). The maximum Gasteiger partial charge on any atom is 1.00 e. The van der Waals surface area contributed by atoms with Crippen LogP contribution in [0.5, 0.6) is 0 Å². The molecule has 0 radical (unpaired) electrons. The maximum atomic E-state index is 12.0. The molecule has 0 amide bonds. The minimum absolute atomic E-state index is 0. The van der Waals surface area contributed by atoms with Gasteiger partial charge in [-0.25, -0.2) is 0 Å². The second-order valence-electron chi connectivity index (χ2n) is 9.82. The fourth-order valence-corrected chi connectivity index (χ4v) is 3.82. The van der Waals surface area contributed by atoms with Crippen molar-refractivity contribution >= 4 is 39.4 Å². The van der Waals surface area contributed by atoms with Gasteiger partial charge in [-0.3, -0.25) is 19.7 Å². The van der Waals surface area contributed by atoms with Crippen molar-refractivity contribution in [2.45, 2.75) is 59.8 Å². The van der Waals surface area contributed by atoms with Gasteiger partial charge in [0, 0.05) is 39.9 Å². The van der Waals surface area contributed by atoms with Crippen LogP contribution >= 0.6 is 0 Å². The fraction of sp³-hybridized carbons (Fsp3) is 0.379. The van der Waals surface area contributed by atoms with Crippen LogP contribution in [0.25, 0.3) is 21.8 Å². The van der Waals surface area contributed by atoms with Crippen LogP contribution in [0.4, 0.5) is 5.69 Å². The smallest absolute Gasteiger partial charge is 0.635 e. The normalized spacial score (nSPS) is 10.5. The molecule has 0 aliphatic heterocycles. The van der Waals surface area contributed by atoms with E-state index in [0.717, 1.165) is 22.1 Å². The summed E-state index contributed by atoms with van der Waals surface area (Å²) in [5.74, 6) is -0.535. The standard InChI is InChI=1S/C14H16N2O4.C14H17NO2.CH4.HNO3.Na/c1-4-20-13(17)14(2,3)12-8-9-7-10(16(18)19)5-6-11(9)15-12;1-4-17-13(16)14(2,3)12-9-10-7-5-6-8-11(10)15-12;;2-1-4-3;/h5-8,15H,4H2,1-3H3;5-9,15H,4H2,1-3H3;1H4;3H;/q;;;;+1/p-1. The quantitative estimate of drug-likeness (QED) is 0.0756. The number of aromatic nitrogens is 2. The largest absolute Gasteiger partial charge is 1.00 e. The number of hydrogen-bond donors (Lipinski definition) is 2. The predicted octanol–water partition coefficient (Wildman–Crippen LogP) is 2.53. The average molecular weight is 609 g/mol. The second-order valence-corrected chi connectivity index (χ2v) is 9.82. The van der Waals surface area contributed by atoms with Crippen LogP contribution in [0.15, 0.2) is 59.9 Å². The number of carbonyl (C=O) groups is 2. The van der Waals surface area contributed by atoms with E-state index < -0.39 is 15.8 Å². The first kappa shape index (κ1) is 39.2. The summed E-state index contributed by atoms with van der Waals surface area (Å²) >= 11 is 0. The predicted molar refractivity (Wildman–Crippen MR) is 156 cm³/mol. The van der Waals surface area contributed by atoms with Gasteiger partial charge in [0.15, 0.2) is 0 Å². The van der Waals surface area contributed by atoms with Crippen LogP contribution < -0.4 is 34.8 Å². The van der Waals surface area contributed by atoms with E-state index in [0.29, 0.717) is 24.3 Å². The van der Waals surface area contributed by atoms with Gasteiger partial charge in [-0.15, -0.1) is 4.91 Å². The molecule has 2 heterocycles. The number of fused-ring (bicyclic) bond motifs is 2. The van der Waals surface area contributed by atoms with Crippen molar-refractivity contribution in [2.75, 3.05) is 13.2 Å². The molecule has 0 atom stereocenters. The number of hydrogen-bond acceptors (Lipinski definition) is 10. The molecule has 0 saturated carbocycles. The third-order valence-corrected chi connectivity index (χ3v) is 6.29. The molecule has 0 unspecified atom stereocenters. The number of rotatable bonds is 8. The van der Waals surface area contributed by atoms with Crippen LogP contribution in [0.1, 0.15) is 60.4 Å². The number of nitro groups is 1. The molecule has 0 saturated heterocycles. The first-order valence-electron chi connectivity index (χ1n) is 12.6. The van der Waals surface area contributed by atoms with E-state index in [1.807, 2.05) is 51.1 Å². The van der Waals surface area contributed by atoms with E-state index in [1.165, 1.54) is 17.5 Å². The van der Waals surface area contributed by atoms with Gasteiger partial charge < -0.3 is 29.7 Å². The minimum Gasteiger partial charge on any atom is -0.635 e. The number of nitro benzene ring substituents is 1. The Kier molecular flexibility index (Phi) is 15.8. The van der Waals surface area contributed by atoms with E-state index in [4.69, 9.17) is 19.6 Å². The molecular weight excluding hydrogens is 571 g/mol. The molecule has 2 N–H and O–H groups in total. The second kappa shape index (κ2) is 17.4. The summed E-state index contributed by atoms with van der Waals surface area (Å²) in [4.78, 5) is 51.3. The van der Waals surface area contributed by atoms with Crippen LogP contribution in [-0.2, 0) is 34.9 Å². The Hall–Kier alpha value is -3.78. The molecule has 228 valence electrons. The molecule has 0 fully saturated rings. The van der Waals surface area contributed by atoms with Crippen molar-refractivity contribution in [3.63, 3.8) is 0 Å². The van der Waals surface area contributed by atoms with Crippen molar-refractivity contribution in [1.29, 1.82) is 0 Å². The molecule has 0 spiro atoms. The zero-order valence-electron chi connectivity index (χ0n) is 24.7. The van der Waals surface area contributed by atoms with Gasteiger partial charge in [0.25, 0.3) is 5.69 Å².